The second-order valence-corrected chi connectivity index (χ2v) is 6.93. The highest BCUT2D eigenvalue weighted by Gasteiger charge is 2.26. The Morgan fingerprint density at radius 3 is 2.23 bits per heavy atom. The monoisotopic (exact) mass is 411 g/mol. The van der Waals surface area contributed by atoms with Crippen LogP contribution in [0.3, 0.4) is 0 Å². The van der Waals surface area contributed by atoms with Crippen LogP contribution in [0.4, 0.5) is 17.1 Å². The quantitative estimate of drug-likeness (QED) is 0.384. The first-order valence-corrected chi connectivity index (χ1v) is 9.97. The van der Waals surface area contributed by atoms with Crippen molar-refractivity contribution in [2.24, 2.45) is 0 Å². The number of aromatic carboxylic acids is 1. The van der Waals surface area contributed by atoms with Crippen molar-refractivity contribution >= 4 is 39.8 Å². The standard InChI is InChI=1S/C26H21NO4/c1-2-31-26(30)22-13-8-14-23(24(22)25(28)29)27(20-11-4-3-5-12-20)21-16-15-18-9-6-7-10-19(18)17-21/h3-17H,2H2,1H3,(H,28,29). The Kier molecular flexibility index (Phi) is 5.67. The summed E-state index contributed by atoms with van der Waals surface area (Å²) in [7, 11) is 0. The van der Waals surface area contributed by atoms with Gasteiger partial charge in [0, 0.05) is 11.4 Å². The average molecular weight is 411 g/mol. The minimum atomic E-state index is -1.19. The summed E-state index contributed by atoms with van der Waals surface area (Å²) in [5.41, 5.74) is 1.88. The minimum Gasteiger partial charge on any atom is -0.478 e. The van der Waals surface area contributed by atoms with Crippen molar-refractivity contribution < 1.29 is 19.4 Å². The number of carboxylic acid groups (broad SMARTS) is 1. The first-order chi connectivity index (χ1) is 15.1. The molecule has 5 nitrogen and oxygen atoms in total. The Balaban J connectivity index is 1.97. The summed E-state index contributed by atoms with van der Waals surface area (Å²) in [6.45, 7) is 1.85. The summed E-state index contributed by atoms with van der Waals surface area (Å²) in [4.78, 5) is 26.6. The second-order valence-electron chi connectivity index (χ2n) is 6.93. The molecule has 0 amide bonds. The van der Waals surface area contributed by atoms with E-state index in [1.807, 2.05) is 77.7 Å². The first kappa shape index (κ1) is 20.2. The Hall–Kier alpha value is -4.12. The van der Waals surface area contributed by atoms with E-state index in [-0.39, 0.29) is 17.7 Å². The normalized spacial score (nSPS) is 10.6. The third kappa shape index (κ3) is 3.98. The van der Waals surface area contributed by atoms with Crippen LogP contribution in [0, 0.1) is 0 Å². The van der Waals surface area contributed by atoms with E-state index >= 15 is 0 Å². The summed E-state index contributed by atoms with van der Waals surface area (Å²) in [5.74, 6) is -1.85. The number of esters is 1. The summed E-state index contributed by atoms with van der Waals surface area (Å²) < 4.78 is 5.10. The highest BCUT2D eigenvalue weighted by atomic mass is 16.5. The molecule has 0 aromatic heterocycles. The van der Waals surface area contributed by atoms with Crippen LogP contribution in [0.25, 0.3) is 10.8 Å². The molecule has 0 aliphatic rings. The fourth-order valence-corrected chi connectivity index (χ4v) is 3.65. The number of para-hydroxylation sites is 1. The van der Waals surface area contributed by atoms with Crippen molar-refractivity contribution in [3.05, 3.63) is 102 Å². The van der Waals surface area contributed by atoms with Gasteiger partial charge >= 0.3 is 11.9 Å². The lowest BCUT2D eigenvalue weighted by molar-refractivity contribution is 0.0514. The van der Waals surface area contributed by atoms with Gasteiger partial charge in [-0.05, 0) is 54.1 Å². The highest BCUT2D eigenvalue weighted by molar-refractivity contribution is 6.08. The summed E-state index contributed by atoms with van der Waals surface area (Å²) in [6, 6.07) is 28.2. The number of hydrogen-bond donors (Lipinski definition) is 1. The van der Waals surface area contributed by atoms with E-state index in [0.29, 0.717) is 5.69 Å². The van der Waals surface area contributed by atoms with Gasteiger partial charge in [0.25, 0.3) is 0 Å². The van der Waals surface area contributed by atoms with E-state index in [1.54, 1.807) is 19.1 Å². The maximum atomic E-state index is 12.5. The molecule has 0 atom stereocenters. The minimum absolute atomic E-state index is 0.0218. The summed E-state index contributed by atoms with van der Waals surface area (Å²) >= 11 is 0. The van der Waals surface area contributed by atoms with Gasteiger partial charge < -0.3 is 14.7 Å². The molecule has 0 aliphatic carbocycles. The van der Waals surface area contributed by atoms with Gasteiger partial charge in [0.15, 0.2) is 0 Å². The van der Waals surface area contributed by atoms with Crippen molar-refractivity contribution in [3.63, 3.8) is 0 Å². The molecule has 1 N–H and O–H groups in total. The van der Waals surface area contributed by atoms with Gasteiger partial charge in [-0.25, -0.2) is 9.59 Å². The maximum absolute atomic E-state index is 12.5. The van der Waals surface area contributed by atoms with E-state index in [1.165, 1.54) is 6.07 Å². The van der Waals surface area contributed by atoms with Gasteiger partial charge in [-0.2, -0.15) is 0 Å². The van der Waals surface area contributed by atoms with E-state index in [9.17, 15) is 14.7 Å². The first-order valence-electron chi connectivity index (χ1n) is 9.97. The molecule has 0 spiro atoms. The summed E-state index contributed by atoms with van der Waals surface area (Å²) in [6.07, 6.45) is 0. The van der Waals surface area contributed by atoms with E-state index in [2.05, 4.69) is 0 Å². The zero-order chi connectivity index (χ0) is 21.8. The van der Waals surface area contributed by atoms with Crippen LogP contribution < -0.4 is 4.90 Å². The van der Waals surface area contributed by atoms with Gasteiger partial charge in [-0.15, -0.1) is 0 Å². The summed E-state index contributed by atoms with van der Waals surface area (Å²) in [5, 5.41) is 12.2. The number of carbonyl (C=O) groups excluding carboxylic acids is 1. The molecule has 31 heavy (non-hydrogen) atoms. The Bertz CT molecular complexity index is 1250. The predicted molar refractivity (Wildman–Crippen MR) is 122 cm³/mol. The molecule has 0 saturated heterocycles. The lowest BCUT2D eigenvalue weighted by Gasteiger charge is -2.27. The molecule has 4 rings (SSSR count). The fourth-order valence-electron chi connectivity index (χ4n) is 3.65. The van der Waals surface area contributed by atoms with E-state index in [4.69, 9.17) is 4.74 Å². The zero-order valence-corrected chi connectivity index (χ0v) is 17.0. The molecule has 0 bridgehead atoms. The zero-order valence-electron chi connectivity index (χ0n) is 17.0. The lowest BCUT2D eigenvalue weighted by atomic mass is 10.0. The molecule has 4 aromatic carbocycles. The smallest absolute Gasteiger partial charge is 0.339 e. The van der Waals surface area contributed by atoms with E-state index in [0.717, 1.165) is 22.1 Å². The number of fused-ring (bicyclic) bond motifs is 1. The van der Waals surface area contributed by atoms with Crippen LogP contribution in [-0.2, 0) is 4.74 Å². The molecular weight excluding hydrogens is 390 g/mol. The van der Waals surface area contributed by atoms with Gasteiger partial charge in [0.05, 0.1) is 23.4 Å². The van der Waals surface area contributed by atoms with Crippen LogP contribution >= 0.6 is 0 Å². The Labute approximate surface area is 180 Å². The predicted octanol–water partition coefficient (Wildman–Crippen LogP) is 6.18. The van der Waals surface area contributed by atoms with Crippen LogP contribution in [0.15, 0.2) is 91.0 Å². The number of rotatable bonds is 6. The number of carbonyl (C=O) groups is 2. The molecular formula is C26H21NO4. The number of ether oxygens (including phenoxy) is 1. The van der Waals surface area contributed by atoms with Crippen molar-refractivity contribution in [2.75, 3.05) is 11.5 Å². The molecule has 0 aliphatic heterocycles. The van der Waals surface area contributed by atoms with Crippen LogP contribution in [0.1, 0.15) is 27.6 Å². The van der Waals surface area contributed by atoms with E-state index < -0.39 is 11.9 Å². The number of hydrogen-bond acceptors (Lipinski definition) is 4. The fraction of sp³-hybridized carbons (Fsp3) is 0.0769. The Morgan fingerprint density at radius 1 is 0.806 bits per heavy atom. The Morgan fingerprint density at radius 2 is 1.52 bits per heavy atom. The van der Waals surface area contributed by atoms with Gasteiger partial charge in [-0.1, -0.05) is 54.6 Å². The third-order valence-electron chi connectivity index (χ3n) is 5.00. The largest absolute Gasteiger partial charge is 0.478 e. The van der Waals surface area contributed by atoms with Crippen LogP contribution in [0.2, 0.25) is 0 Å². The average Bonchev–Trinajstić information content (AvgIpc) is 2.80. The second kappa shape index (κ2) is 8.71. The van der Waals surface area contributed by atoms with Gasteiger partial charge in [-0.3, -0.25) is 0 Å². The molecule has 154 valence electrons. The molecule has 0 saturated carbocycles. The third-order valence-corrected chi connectivity index (χ3v) is 5.00. The van der Waals surface area contributed by atoms with Gasteiger partial charge in [0.1, 0.15) is 0 Å². The molecule has 0 unspecified atom stereocenters. The molecule has 0 fully saturated rings. The van der Waals surface area contributed by atoms with Crippen LogP contribution in [-0.4, -0.2) is 23.7 Å². The molecule has 4 aromatic rings. The molecule has 5 heteroatoms. The van der Waals surface area contributed by atoms with Crippen molar-refractivity contribution in [2.45, 2.75) is 6.92 Å². The molecule has 0 radical (unpaired) electrons. The maximum Gasteiger partial charge on any atom is 0.339 e. The number of carboxylic acids is 1. The number of benzene rings is 4. The SMILES string of the molecule is CCOC(=O)c1cccc(N(c2ccccc2)c2ccc3ccccc3c2)c1C(=O)O. The van der Waals surface area contributed by atoms with Crippen molar-refractivity contribution in [1.29, 1.82) is 0 Å². The highest BCUT2D eigenvalue weighted by Crippen LogP contribution is 2.39. The topological polar surface area (TPSA) is 66.8 Å². The van der Waals surface area contributed by atoms with Crippen molar-refractivity contribution in [3.8, 4) is 0 Å². The lowest BCUT2D eigenvalue weighted by Crippen LogP contribution is -2.18. The van der Waals surface area contributed by atoms with Gasteiger partial charge in [0.2, 0.25) is 0 Å². The number of anilines is 3. The van der Waals surface area contributed by atoms with Crippen molar-refractivity contribution in [1.82, 2.24) is 0 Å². The number of nitrogens with zero attached hydrogens (tertiary/aromatic N) is 1. The van der Waals surface area contributed by atoms with Crippen LogP contribution in [0.5, 0.6) is 0 Å². The molecule has 0 heterocycles.